The summed E-state index contributed by atoms with van der Waals surface area (Å²) >= 11 is 0. The summed E-state index contributed by atoms with van der Waals surface area (Å²) in [6.45, 7) is 5.46. The van der Waals surface area contributed by atoms with E-state index in [4.69, 9.17) is 5.73 Å². The number of rotatable bonds is 3. The molecule has 3 rings (SSSR count). The van der Waals surface area contributed by atoms with E-state index in [1.807, 2.05) is 6.07 Å². The molecular formula is C18H22N2. The Morgan fingerprint density at radius 1 is 1.20 bits per heavy atom. The first-order chi connectivity index (χ1) is 9.70. The van der Waals surface area contributed by atoms with E-state index in [2.05, 4.69) is 55.1 Å². The SMILES string of the molecule is CCN(c1ccccc1C)C1CCc2cc(N)ccc21. The zero-order valence-corrected chi connectivity index (χ0v) is 12.3. The molecule has 2 heteroatoms. The van der Waals surface area contributed by atoms with E-state index in [0.717, 1.165) is 18.7 Å². The Bertz CT molecular complexity index is 619. The average molecular weight is 266 g/mol. The molecular weight excluding hydrogens is 244 g/mol. The summed E-state index contributed by atoms with van der Waals surface area (Å²) < 4.78 is 0. The normalized spacial score (nSPS) is 17.0. The average Bonchev–Trinajstić information content (AvgIpc) is 2.85. The van der Waals surface area contributed by atoms with Crippen LogP contribution in [0.25, 0.3) is 0 Å². The zero-order valence-electron chi connectivity index (χ0n) is 12.3. The van der Waals surface area contributed by atoms with Gasteiger partial charge < -0.3 is 10.6 Å². The Morgan fingerprint density at radius 3 is 2.75 bits per heavy atom. The molecule has 0 saturated carbocycles. The smallest absolute Gasteiger partial charge is 0.0548 e. The van der Waals surface area contributed by atoms with Crippen molar-refractivity contribution >= 4 is 11.4 Å². The third kappa shape index (κ3) is 2.15. The minimum Gasteiger partial charge on any atom is -0.399 e. The maximum absolute atomic E-state index is 5.91. The lowest BCUT2D eigenvalue weighted by Crippen LogP contribution is -2.27. The Labute approximate surface area is 121 Å². The molecule has 1 aliphatic carbocycles. The second-order valence-corrected chi connectivity index (χ2v) is 5.59. The van der Waals surface area contributed by atoms with Crippen LogP contribution in [-0.4, -0.2) is 6.54 Å². The summed E-state index contributed by atoms with van der Waals surface area (Å²) in [4.78, 5) is 2.53. The quantitative estimate of drug-likeness (QED) is 0.848. The molecule has 0 radical (unpaired) electrons. The van der Waals surface area contributed by atoms with Gasteiger partial charge in [-0.25, -0.2) is 0 Å². The lowest BCUT2D eigenvalue weighted by molar-refractivity contribution is 0.627. The summed E-state index contributed by atoms with van der Waals surface area (Å²) in [5.74, 6) is 0. The van der Waals surface area contributed by atoms with Crippen molar-refractivity contribution < 1.29 is 0 Å². The molecule has 1 atom stereocenters. The highest BCUT2D eigenvalue weighted by Crippen LogP contribution is 2.39. The number of fused-ring (bicyclic) bond motifs is 1. The van der Waals surface area contributed by atoms with Gasteiger partial charge in [0.2, 0.25) is 0 Å². The van der Waals surface area contributed by atoms with Gasteiger partial charge in [-0.05, 0) is 61.6 Å². The highest BCUT2D eigenvalue weighted by atomic mass is 15.2. The van der Waals surface area contributed by atoms with Gasteiger partial charge in [-0.15, -0.1) is 0 Å². The number of hydrogen-bond acceptors (Lipinski definition) is 2. The fourth-order valence-corrected chi connectivity index (χ4v) is 3.38. The van der Waals surface area contributed by atoms with E-state index >= 15 is 0 Å². The Hall–Kier alpha value is -1.96. The monoisotopic (exact) mass is 266 g/mol. The van der Waals surface area contributed by atoms with Crippen molar-refractivity contribution in [3.63, 3.8) is 0 Å². The van der Waals surface area contributed by atoms with Crippen molar-refractivity contribution in [2.45, 2.75) is 32.7 Å². The Balaban J connectivity index is 1.99. The fraction of sp³-hybridized carbons (Fsp3) is 0.333. The number of nitrogen functional groups attached to an aromatic ring is 1. The summed E-state index contributed by atoms with van der Waals surface area (Å²) in [7, 11) is 0. The fourth-order valence-electron chi connectivity index (χ4n) is 3.38. The standard InChI is InChI=1S/C18H22N2/c1-3-20(17-7-5-4-6-13(17)2)18-11-8-14-12-15(19)9-10-16(14)18/h4-7,9-10,12,18H,3,8,11,19H2,1-2H3. The topological polar surface area (TPSA) is 29.3 Å². The third-order valence-electron chi connectivity index (χ3n) is 4.35. The molecule has 0 aliphatic heterocycles. The summed E-state index contributed by atoms with van der Waals surface area (Å²) in [5, 5.41) is 0. The van der Waals surface area contributed by atoms with Crippen molar-refractivity contribution in [1.29, 1.82) is 0 Å². The van der Waals surface area contributed by atoms with E-state index in [-0.39, 0.29) is 0 Å². The molecule has 1 aliphatic rings. The van der Waals surface area contributed by atoms with Crippen molar-refractivity contribution in [3.05, 3.63) is 59.2 Å². The van der Waals surface area contributed by atoms with Crippen LogP contribution in [0, 0.1) is 6.92 Å². The minimum absolute atomic E-state index is 0.483. The molecule has 0 fully saturated rings. The summed E-state index contributed by atoms with van der Waals surface area (Å²) in [6.07, 6.45) is 2.31. The predicted molar refractivity (Wildman–Crippen MR) is 86.1 cm³/mol. The Morgan fingerprint density at radius 2 is 2.00 bits per heavy atom. The Kier molecular flexibility index (Phi) is 3.39. The molecule has 1 unspecified atom stereocenters. The number of benzene rings is 2. The molecule has 0 spiro atoms. The second-order valence-electron chi connectivity index (χ2n) is 5.59. The van der Waals surface area contributed by atoms with Gasteiger partial charge in [-0.1, -0.05) is 24.3 Å². The van der Waals surface area contributed by atoms with E-state index < -0.39 is 0 Å². The lowest BCUT2D eigenvalue weighted by Gasteiger charge is -2.32. The first-order valence-electron chi connectivity index (χ1n) is 7.41. The maximum atomic E-state index is 5.91. The number of nitrogens with two attached hydrogens (primary N) is 1. The van der Waals surface area contributed by atoms with Crippen LogP contribution in [0.15, 0.2) is 42.5 Å². The van der Waals surface area contributed by atoms with Gasteiger partial charge in [-0.3, -0.25) is 0 Å². The van der Waals surface area contributed by atoms with Crippen molar-refractivity contribution in [2.75, 3.05) is 17.2 Å². The van der Waals surface area contributed by atoms with Crippen LogP contribution in [0.1, 0.15) is 36.1 Å². The minimum atomic E-state index is 0.483. The number of nitrogens with zero attached hydrogens (tertiary/aromatic N) is 1. The van der Waals surface area contributed by atoms with E-state index in [9.17, 15) is 0 Å². The van der Waals surface area contributed by atoms with Crippen LogP contribution in [0.4, 0.5) is 11.4 Å². The highest BCUT2D eigenvalue weighted by Gasteiger charge is 2.27. The number of para-hydroxylation sites is 1. The van der Waals surface area contributed by atoms with Gasteiger partial charge in [0.25, 0.3) is 0 Å². The van der Waals surface area contributed by atoms with Crippen LogP contribution in [0.5, 0.6) is 0 Å². The maximum Gasteiger partial charge on any atom is 0.0548 e. The zero-order chi connectivity index (χ0) is 14.1. The van der Waals surface area contributed by atoms with Gasteiger partial charge in [0.1, 0.15) is 0 Å². The van der Waals surface area contributed by atoms with Crippen LogP contribution in [-0.2, 0) is 6.42 Å². The molecule has 2 aromatic rings. The number of aryl methyl sites for hydroxylation is 2. The molecule has 0 saturated heterocycles. The first kappa shape index (κ1) is 13.0. The molecule has 20 heavy (non-hydrogen) atoms. The number of hydrogen-bond donors (Lipinski definition) is 1. The summed E-state index contributed by atoms with van der Waals surface area (Å²) in [6, 6.07) is 15.5. The number of anilines is 2. The molecule has 2 N–H and O–H groups in total. The third-order valence-corrected chi connectivity index (χ3v) is 4.35. The highest BCUT2D eigenvalue weighted by molar-refractivity contribution is 5.57. The van der Waals surface area contributed by atoms with Gasteiger partial charge in [0.05, 0.1) is 6.04 Å². The van der Waals surface area contributed by atoms with Crippen LogP contribution < -0.4 is 10.6 Å². The first-order valence-corrected chi connectivity index (χ1v) is 7.41. The van der Waals surface area contributed by atoms with Crippen LogP contribution in [0.3, 0.4) is 0 Å². The molecule has 2 aromatic carbocycles. The molecule has 0 amide bonds. The largest absolute Gasteiger partial charge is 0.399 e. The summed E-state index contributed by atoms with van der Waals surface area (Å²) in [5.41, 5.74) is 12.3. The van der Waals surface area contributed by atoms with Crippen LogP contribution >= 0.6 is 0 Å². The van der Waals surface area contributed by atoms with Crippen molar-refractivity contribution in [1.82, 2.24) is 0 Å². The van der Waals surface area contributed by atoms with Gasteiger partial charge >= 0.3 is 0 Å². The van der Waals surface area contributed by atoms with Gasteiger partial charge in [-0.2, -0.15) is 0 Å². The van der Waals surface area contributed by atoms with Crippen LogP contribution in [0.2, 0.25) is 0 Å². The molecule has 0 heterocycles. The molecule has 104 valence electrons. The van der Waals surface area contributed by atoms with E-state index in [1.165, 1.54) is 28.8 Å². The lowest BCUT2D eigenvalue weighted by atomic mass is 10.0. The predicted octanol–water partition coefficient (Wildman–Crippen LogP) is 4.09. The van der Waals surface area contributed by atoms with E-state index in [1.54, 1.807) is 0 Å². The van der Waals surface area contributed by atoms with Gasteiger partial charge in [0.15, 0.2) is 0 Å². The van der Waals surface area contributed by atoms with E-state index in [0.29, 0.717) is 6.04 Å². The molecule has 0 aromatic heterocycles. The molecule has 0 bridgehead atoms. The van der Waals surface area contributed by atoms with Gasteiger partial charge in [0, 0.05) is 17.9 Å². The van der Waals surface area contributed by atoms with Crippen molar-refractivity contribution in [3.8, 4) is 0 Å². The van der Waals surface area contributed by atoms with Crippen molar-refractivity contribution in [2.24, 2.45) is 0 Å². The molecule has 2 nitrogen and oxygen atoms in total. The second kappa shape index (κ2) is 5.20.